The molecule has 3 aromatic rings. The maximum Gasteiger partial charge on any atom is 0.359 e. The zero-order valence-electron chi connectivity index (χ0n) is 12.2. The fourth-order valence-electron chi connectivity index (χ4n) is 2.11. The second-order valence-electron chi connectivity index (χ2n) is 4.75. The first-order valence-corrected chi connectivity index (χ1v) is 7.69. The van der Waals surface area contributed by atoms with Crippen LogP contribution in [0.25, 0.3) is 15.5 Å². The number of hydrogen-bond acceptors (Lipinski definition) is 6. The van der Waals surface area contributed by atoms with Crippen LogP contribution >= 0.6 is 11.3 Å². The van der Waals surface area contributed by atoms with E-state index in [1.54, 1.807) is 6.92 Å². The van der Waals surface area contributed by atoms with Crippen LogP contribution in [0.5, 0.6) is 0 Å². The van der Waals surface area contributed by atoms with Crippen molar-refractivity contribution in [1.29, 1.82) is 0 Å². The van der Waals surface area contributed by atoms with E-state index >= 15 is 0 Å². The highest BCUT2D eigenvalue weighted by molar-refractivity contribution is 7.19. The van der Waals surface area contributed by atoms with E-state index in [9.17, 15) is 9.90 Å². The summed E-state index contributed by atoms with van der Waals surface area (Å²) in [6.07, 6.45) is 0. The Morgan fingerprint density at radius 1 is 1.36 bits per heavy atom. The molecule has 1 aromatic carbocycles. The molecule has 0 unspecified atom stereocenters. The van der Waals surface area contributed by atoms with Gasteiger partial charge in [-0.25, -0.2) is 14.3 Å². The van der Waals surface area contributed by atoms with Gasteiger partial charge in [-0.1, -0.05) is 41.2 Å². The van der Waals surface area contributed by atoms with Gasteiger partial charge < -0.3 is 9.84 Å². The minimum absolute atomic E-state index is 0.124. The number of carbonyl (C=O) groups is 1. The number of aromatic nitrogens is 3. The van der Waals surface area contributed by atoms with Crippen molar-refractivity contribution in [3.63, 3.8) is 0 Å². The molecule has 0 aliphatic heterocycles. The highest BCUT2D eigenvalue weighted by Crippen LogP contribution is 2.27. The number of fused-ring (bicyclic) bond motifs is 1. The molecule has 1 N–H and O–H groups in total. The second kappa shape index (κ2) is 5.86. The second-order valence-corrected chi connectivity index (χ2v) is 5.71. The molecular formula is C15H15N3O3S. The van der Waals surface area contributed by atoms with Crippen molar-refractivity contribution in [3.8, 4) is 10.6 Å². The minimum Gasteiger partial charge on any atom is -0.461 e. The normalized spacial score (nSPS) is 11.0. The van der Waals surface area contributed by atoms with Crippen molar-refractivity contribution in [3.05, 3.63) is 41.2 Å². The van der Waals surface area contributed by atoms with Crippen molar-refractivity contribution in [1.82, 2.24) is 14.6 Å². The number of hydrogen-bond donors (Lipinski definition) is 1. The lowest BCUT2D eigenvalue weighted by atomic mass is 10.2. The Labute approximate surface area is 131 Å². The van der Waals surface area contributed by atoms with Crippen molar-refractivity contribution in [2.75, 3.05) is 6.61 Å². The number of carbonyl (C=O) groups excluding carboxylic acids is 1. The van der Waals surface area contributed by atoms with Gasteiger partial charge in [0.2, 0.25) is 4.96 Å². The third-order valence-electron chi connectivity index (χ3n) is 3.21. The number of aryl methyl sites for hydroxylation is 1. The molecular weight excluding hydrogens is 302 g/mol. The number of rotatable bonds is 4. The summed E-state index contributed by atoms with van der Waals surface area (Å²) in [5.41, 5.74) is 2.62. The third-order valence-corrected chi connectivity index (χ3v) is 4.17. The molecule has 7 heteroatoms. The first-order valence-electron chi connectivity index (χ1n) is 6.87. The van der Waals surface area contributed by atoms with Crippen molar-refractivity contribution >= 4 is 22.3 Å². The predicted octanol–water partition coefficient (Wildman–Crippen LogP) is 2.44. The van der Waals surface area contributed by atoms with Gasteiger partial charge in [0.05, 0.1) is 13.2 Å². The van der Waals surface area contributed by atoms with E-state index in [-0.39, 0.29) is 18.9 Å². The van der Waals surface area contributed by atoms with Gasteiger partial charge >= 0.3 is 5.97 Å². The smallest absolute Gasteiger partial charge is 0.359 e. The maximum atomic E-state index is 11.9. The Kier molecular flexibility index (Phi) is 3.91. The van der Waals surface area contributed by atoms with Crippen LogP contribution in [0.1, 0.15) is 28.7 Å². The van der Waals surface area contributed by atoms with Gasteiger partial charge in [0.15, 0.2) is 5.69 Å². The van der Waals surface area contributed by atoms with E-state index < -0.39 is 5.97 Å². The fraction of sp³-hybridized carbons (Fsp3) is 0.267. The molecule has 114 valence electrons. The Morgan fingerprint density at radius 3 is 2.73 bits per heavy atom. The fourth-order valence-corrected chi connectivity index (χ4v) is 3.03. The summed E-state index contributed by atoms with van der Waals surface area (Å²) in [4.78, 5) is 16.7. The largest absolute Gasteiger partial charge is 0.461 e. The van der Waals surface area contributed by atoms with Gasteiger partial charge in [0.25, 0.3) is 0 Å². The van der Waals surface area contributed by atoms with Crippen molar-refractivity contribution in [2.24, 2.45) is 0 Å². The van der Waals surface area contributed by atoms with Crippen molar-refractivity contribution in [2.45, 2.75) is 20.5 Å². The van der Waals surface area contributed by atoms with E-state index in [0.29, 0.717) is 10.7 Å². The zero-order valence-corrected chi connectivity index (χ0v) is 13.1. The predicted molar refractivity (Wildman–Crippen MR) is 82.9 cm³/mol. The van der Waals surface area contributed by atoms with Crippen LogP contribution in [0, 0.1) is 6.92 Å². The Morgan fingerprint density at radius 2 is 2.09 bits per heavy atom. The van der Waals surface area contributed by atoms with Gasteiger partial charge in [0, 0.05) is 5.56 Å². The van der Waals surface area contributed by atoms with Crippen LogP contribution in [0.2, 0.25) is 0 Å². The molecule has 6 nitrogen and oxygen atoms in total. The Bertz CT molecular complexity index is 821. The molecule has 0 saturated carbocycles. The molecule has 0 radical (unpaired) electrons. The number of ether oxygens (including phenoxy) is 1. The van der Waals surface area contributed by atoms with E-state index in [1.807, 2.05) is 31.2 Å². The van der Waals surface area contributed by atoms with Gasteiger partial charge in [0.1, 0.15) is 10.7 Å². The van der Waals surface area contributed by atoms with E-state index in [0.717, 1.165) is 10.6 Å². The molecule has 2 aromatic heterocycles. The summed E-state index contributed by atoms with van der Waals surface area (Å²) in [5, 5.41) is 14.8. The summed E-state index contributed by atoms with van der Waals surface area (Å²) >= 11 is 1.36. The minimum atomic E-state index is -0.541. The average Bonchev–Trinajstić information content (AvgIpc) is 3.05. The van der Waals surface area contributed by atoms with Crippen molar-refractivity contribution < 1.29 is 14.6 Å². The Balaban J connectivity index is 2.06. The van der Waals surface area contributed by atoms with Crippen LogP contribution in [0.3, 0.4) is 0 Å². The quantitative estimate of drug-likeness (QED) is 0.748. The molecule has 0 saturated heterocycles. The molecule has 0 atom stereocenters. The van der Waals surface area contributed by atoms with Gasteiger partial charge in [-0.2, -0.15) is 5.10 Å². The lowest BCUT2D eigenvalue weighted by molar-refractivity contribution is 0.0516. The maximum absolute atomic E-state index is 11.9. The highest BCUT2D eigenvalue weighted by atomic mass is 32.1. The summed E-state index contributed by atoms with van der Waals surface area (Å²) in [6.45, 7) is 3.68. The summed E-state index contributed by atoms with van der Waals surface area (Å²) in [6, 6.07) is 7.99. The number of aliphatic hydroxyl groups excluding tert-OH is 1. The lowest BCUT2D eigenvalue weighted by Gasteiger charge is -2.00. The van der Waals surface area contributed by atoms with E-state index in [1.165, 1.54) is 21.4 Å². The first-order chi connectivity index (χ1) is 10.6. The SMILES string of the molecule is CCOC(=O)c1nc2sc(-c3ccc(C)cc3)nn2c1CO. The molecule has 0 amide bonds. The van der Waals surface area contributed by atoms with Crippen LogP contribution in [-0.2, 0) is 11.3 Å². The average molecular weight is 317 g/mol. The molecule has 0 aliphatic carbocycles. The number of nitrogens with zero attached hydrogens (tertiary/aromatic N) is 3. The third kappa shape index (κ3) is 2.49. The standard InChI is InChI=1S/C15H15N3O3S/c1-3-21-14(20)12-11(8-19)18-15(16-12)22-13(17-18)10-6-4-9(2)5-7-10/h4-7,19H,3,8H2,1-2H3. The number of imidazole rings is 1. The summed E-state index contributed by atoms with van der Waals surface area (Å²) in [5.74, 6) is -0.541. The molecule has 0 bridgehead atoms. The van der Waals surface area contributed by atoms with E-state index in [2.05, 4.69) is 10.1 Å². The monoisotopic (exact) mass is 317 g/mol. The zero-order chi connectivity index (χ0) is 15.7. The Hall–Kier alpha value is -2.25. The molecule has 22 heavy (non-hydrogen) atoms. The van der Waals surface area contributed by atoms with Gasteiger partial charge in [-0.15, -0.1) is 0 Å². The van der Waals surface area contributed by atoms with Crippen LogP contribution in [-0.4, -0.2) is 32.3 Å². The topological polar surface area (TPSA) is 76.7 Å². The molecule has 0 aliphatic rings. The molecule has 2 heterocycles. The number of benzene rings is 1. The van der Waals surface area contributed by atoms with Crippen LogP contribution in [0.4, 0.5) is 0 Å². The number of aliphatic hydroxyl groups is 1. The molecule has 0 fully saturated rings. The van der Waals surface area contributed by atoms with Crippen LogP contribution in [0.15, 0.2) is 24.3 Å². The highest BCUT2D eigenvalue weighted by Gasteiger charge is 2.22. The summed E-state index contributed by atoms with van der Waals surface area (Å²) < 4.78 is 6.45. The molecule has 3 rings (SSSR count). The van der Waals surface area contributed by atoms with Gasteiger partial charge in [-0.05, 0) is 13.8 Å². The van der Waals surface area contributed by atoms with Gasteiger partial charge in [-0.3, -0.25) is 0 Å². The number of esters is 1. The van der Waals surface area contributed by atoms with E-state index in [4.69, 9.17) is 4.74 Å². The summed E-state index contributed by atoms with van der Waals surface area (Å²) in [7, 11) is 0. The molecule has 0 spiro atoms. The lowest BCUT2D eigenvalue weighted by Crippen LogP contribution is -2.09. The first kappa shape index (κ1) is 14.7. The van der Waals surface area contributed by atoms with Crippen LogP contribution < -0.4 is 0 Å².